The highest BCUT2D eigenvalue weighted by atomic mass is 35.5. The van der Waals surface area contributed by atoms with E-state index in [1.165, 1.54) is 25.7 Å². The average molecular weight is 289 g/mol. The van der Waals surface area contributed by atoms with Crippen LogP contribution >= 0.6 is 12.4 Å². The lowest BCUT2D eigenvalue weighted by Crippen LogP contribution is -2.51. The van der Waals surface area contributed by atoms with Gasteiger partial charge < -0.3 is 15.4 Å². The molecule has 5 heteroatoms. The zero-order valence-corrected chi connectivity index (χ0v) is 12.3. The fraction of sp³-hybridized carbons (Fsp3) is 0.929. The molecule has 0 aromatic heterocycles. The van der Waals surface area contributed by atoms with Crippen molar-refractivity contribution < 1.29 is 9.53 Å². The molecule has 3 aliphatic rings. The number of carbonyl (C=O) groups excluding carboxylic acids is 1. The minimum atomic E-state index is 0. The molecule has 3 fully saturated rings. The van der Waals surface area contributed by atoms with Crippen molar-refractivity contribution in [2.45, 2.75) is 69.1 Å². The van der Waals surface area contributed by atoms with Gasteiger partial charge in [-0.3, -0.25) is 4.79 Å². The predicted octanol–water partition coefficient (Wildman–Crippen LogP) is 1.77. The molecule has 110 valence electrons. The lowest BCUT2D eigenvalue weighted by molar-refractivity contribution is -0.126. The molecule has 1 saturated carbocycles. The number of halogens is 1. The highest BCUT2D eigenvalue weighted by Gasteiger charge is 2.40. The minimum absolute atomic E-state index is 0. The Bertz CT molecular complexity index is 313. The van der Waals surface area contributed by atoms with Gasteiger partial charge in [0.15, 0.2) is 0 Å². The summed E-state index contributed by atoms with van der Waals surface area (Å²) in [6.45, 7) is 1.79. The molecule has 0 bridgehead atoms. The molecule has 0 radical (unpaired) electrons. The van der Waals surface area contributed by atoms with Crippen LogP contribution in [0.4, 0.5) is 0 Å². The summed E-state index contributed by atoms with van der Waals surface area (Å²) in [5, 5.41) is 6.49. The molecule has 2 N–H and O–H groups in total. The number of nitrogens with one attached hydrogen (secondary N) is 2. The van der Waals surface area contributed by atoms with Gasteiger partial charge >= 0.3 is 0 Å². The van der Waals surface area contributed by atoms with E-state index in [0.717, 1.165) is 38.8 Å². The summed E-state index contributed by atoms with van der Waals surface area (Å²) in [7, 11) is 0. The van der Waals surface area contributed by atoms with E-state index in [1.807, 2.05) is 0 Å². The summed E-state index contributed by atoms with van der Waals surface area (Å²) in [5.41, 5.74) is 0.0965. The summed E-state index contributed by atoms with van der Waals surface area (Å²) in [6.07, 6.45) is 9.03. The Hall–Kier alpha value is -0.320. The van der Waals surface area contributed by atoms with Crippen molar-refractivity contribution in [1.82, 2.24) is 10.6 Å². The van der Waals surface area contributed by atoms with Gasteiger partial charge in [0.2, 0.25) is 5.91 Å². The van der Waals surface area contributed by atoms with Crippen LogP contribution in [-0.2, 0) is 9.53 Å². The van der Waals surface area contributed by atoms with Crippen molar-refractivity contribution in [3.63, 3.8) is 0 Å². The Kier molecular flexibility index (Phi) is 5.09. The van der Waals surface area contributed by atoms with E-state index in [1.54, 1.807) is 0 Å². The minimum Gasteiger partial charge on any atom is -0.375 e. The SMILES string of the molecule is Cl.O=C(NC1CCOC2(CCCC2)C1)C1CCCN1. The molecule has 1 aliphatic carbocycles. The Morgan fingerprint density at radius 2 is 2.00 bits per heavy atom. The highest BCUT2D eigenvalue weighted by molar-refractivity contribution is 5.85. The molecule has 0 aromatic rings. The van der Waals surface area contributed by atoms with E-state index in [9.17, 15) is 4.79 Å². The topological polar surface area (TPSA) is 50.4 Å². The molecule has 0 aromatic carbocycles. The number of ether oxygens (including phenoxy) is 1. The van der Waals surface area contributed by atoms with Gasteiger partial charge in [-0.25, -0.2) is 0 Å². The summed E-state index contributed by atoms with van der Waals surface area (Å²) < 4.78 is 6.00. The fourth-order valence-corrected chi connectivity index (χ4v) is 3.73. The Balaban J connectivity index is 0.00000133. The molecule has 1 spiro atoms. The van der Waals surface area contributed by atoms with Gasteiger partial charge in [0.25, 0.3) is 0 Å². The van der Waals surface area contributed by atoms with Crippen molar-refractivity contribution >= 4 is 18.3 Å². The first kappa shape index (κ1) is 15.1. The number of hydrogen-bond acceptors (Lipinski definition) is 3. The zero-order valence-electron chi connectivity index (χ0n) is 11.5. The third-order valence-electron chi connectivity index (χ3n) is 4.73. The second kappa shape index (κ2) is 6.42. The third-order valence-corrected chi connectivity index (χ3v) is 4.73. The number of hydrogen-bond donors (Lipinski definition) is 2. The molecule has 2 saturated heterocycles. The molecule has 2 aliphatic heterocycles. The summed E-state index contributed by atoms with van der Waals surface area (Å²) >= 11 is 0. The van der Waals surface area contributed by atoms with E-state index in [4.69, 9.17) is 4.74 Å². The molecule has 2 atom stereocenters. The molecule has 2 unspecified atom stereocenters. The summed E-state index contributed by atoms with van der Waals surface area (Å²) in [5.74, 6) is 0.201. The highest BCUT2D eigenvalue weighted by Crippen LogP contribution is 2.39. The number of amides is 1. The van der Waals surface area contributed by atoms with Crippen LogP contribution in [0, 0.1) is 0 Å². The molecule has 3 rings (SSSR count). The molecular formula is C14H25ClN2O2. The second-order valence-electron chi connectivity index (χ2n) is 6.09. The van der Waals surface area contributed by atoms with Gasteiger partial charge in [-0.05, 0) is 45.1 Å². The molecule has 19 heavy (non-hydrogen) atoms. The fourth-order valence-electron chi connectivity index (χ4n) is 3.73. The van der Waals surface area contributed by atoms with Crippen LogP contribution in [0.5, 0.6) is 0 Å². The lowest BCUT2D eigenvalue weighted by Gasteiger charge is -2.38. The first-order valence-corrected chi connectivity index (χ1v) is 7.45. The van der Waals surface area contributed by atoms with Gasteiger partial charge in [-0.15, -0.1) is 12.4 Å². The van der Waals surface area contributed by atoms with Crippen molar-refractivity contribution in [2.24, 2.45) is 0 Å². The largest absolute Gasteiger partial charge is 0.375 e. The molecule has 1 amide bonds. The standard InChI is InChI=1S/C14H24N2O2.ClH/c17-13(12-4-3-8-15-12)16-11-5-9-18-14(10-11)6-1-2-7-14;/h11-12,15H,1-10H2,(H,16,17);1H. The number of carbonyl (C=O) groups is 1. The summed E-state index contributed by atoms with van der Waals surface area (Å²) in [6, 6.07) is 0.374. The first-order valence-electron chi connectivity index (χ1n) is 7.45. The molecular weight excluding hydrogens is 264 g/mol. The quantitative estimate of drug-likeness (QED) is 0.814. The van der Waals surface area contributed by atoms with E-state index in [2.05, 4.69) is 10.6 Å². The maximum Gasteiger partial charge on any atom is 0.237 e. The van der Waals surface area contributed by atoms with Crippen LogP contribution in [0.15, 0.2) is 0 Å². The zero-order chi connectivity index (χ0) is 12.4. The Morgan fingerprint density at radius 3 is 2.68 bits per heavy atom. The van der Waals surface area contributed by atoms with E-state index < -0.39 is 0 Å². The molecule has 2 heterocycles. The van der Waals surface area contributed by atoms with E-state index >= 15 is 0 Å². The van der Waals surface area contributed by atoms with Crippen molar-refractivity contribution in [3.05, 3.63) is 0 Å². The monoisotopic (exact) mass is 288 g/mol. The van der Waals surface area contributed by atoms with Gasteiger partial charge in [-0.1, -0.05) is 12.8 Å². The Morgan fingerprint density at radius 1 is 1.21 bits per heavy atom. The number of rotatable bonds is 2. The van der Waals surface area contributed by atoms with Crippen LogP contribution in [0.1, 0.15) is 51.4 Å². The predicted molar refractivity (Wildman–Crippen MR) is 76.6 cm³/mol. The maximum absolute atomic E-state index is 12.1. The third kappa shape index (κ3) is 3.41. The smallest absolute Gasteiger partial charge is 0.237 e. The molecule has 4 nitrogen and oxygen atoms in total. The van der Waals surface area contributed by atoms with E-state index in [0.29, 0.717) is 6.04 Å². The van der Waals surface area contributed by atoms with Gasteiger partial charge in [0.05, 0.1) is 11.6 Å². The van der Waals surface area contributed by atoms with Crippen LogP contribution in [0.2, 0.25) is 0 Å². The van der Waals surface area contributed by atoms with Crippen molar-refractivity contribution in [3.8, 4) is 0 Å². The Labute approximate surface area is 121 Å². The van der Waals surface area contributed by atoms with Crippen LogP contribution in [0.3, 0.4) is 0 Å². The van der Waals surface area contributed by atoms with Crippen LogP contribution < -0.4 is 10.6 Å². The average Bonchev–Trinajstić information content (AvgIpc) is 3.01. The normalized spacial score (nSPS) is 33.1. The maximum atomic E-state index is 12.1. The first-order chi connectivity index (χ1) is 8.77. The van der Waals surface area contributed by atoms with Crippen molar-refractivity contribution in [1.29, 1.82) is 0 Å². The van der Waals surface area contributed by atoms with Gasteiger partial charge in [-0.2, -0.15) is 0 Å². The van der Waals surface area contributed by atoms with Gasteiger partial charge in [0.1, 0.15) is 0 Å². The van der Waals surface area contributed by atoms with Crippen LogP contribution in [0.25, 0.3) is 0 Å². The second-order valence-corrected chi connectivity index (χ2v) is 6.09. The van der Waals surface area contributed by atoms with Crippen LogP contribution in [-0.4, -0.2) is 36.7 Å². The van der Waals surface area contributed by atoms with Crippen molar-refractivity contribution in [2.75, 3.05) is 13.2 Å². The summed E-state index contributed by atoms with van der Waals surface area (Å²) in [4.78, 5) is 12.1. The van der Waals surface area contributed by atoms with E-state index in [-0.39, 0.29) is 30.0 Å². The van der Waals surface area contributed by atoms with Gasteiger partial charge in [0, 0.05) is 12.6 Å². The lowest BCUT2D eigenvalue weighted by atomic mass is 9.89.